The number of ether oxygens (including phenoxy) is 1. The average molecular weight is 517 g/mol. The van der Waals surface area contributed by atoms with E-state index < -0.39 is 55.0 Å². The van der Waals surface area contributed by atoms with Gasteiger partial charge in [0, 0.05) is 25.7 Å². The summed E-state index contributed by atoms with van der Waals surface area (Å²) in [7, 11) is 1.27. The second-order valence-electron chi connectivity index (χ2n) is 8.59. The monoisotopic (exact) mass is 516 g/mol. The number of hydrazone groups is 1. The predicted octanol–water partition coefficient (Wildman–Crippen LogP) is 2.24. The highest BCUT2D eigenvalue weighted by Gasteiger charge is 2.56. The molecular formula is C21H34F6N6O2. The van der Waals surface area contributed by atoms with Gasteiger partial charge in [0.05, 0.1) is 6.61 Å². The summed E-state index contributed by atoms with van der Waals surface area (Å²) in [6, 6.07) is -1.15. The lowest BCUT2D eigenvalue weighted by molar-refractivity contribution is -0.252. The SMILES string of the molecule is CCCNC(CO)(CO/C(=N\NC)C1=CC(N)C=CC(N2CCCC2C)N1C(F)(F)F)C(F)(F)F. The number of nitrogens with zero attached hydrogens (tertiary/aromatic N) is 3. The van der Waals surface area contributed by atoms with Crippen molar-refractivity contribution in [1.29, 1.82) is 0 Å². The Kier molecular flexibility index (Phi) is 9.85. The van der Waals surface area contributed by atoms with Crippen molar-refractivity contribution in [2.24, 2.45) is 10.8 Å². The first kappa shape index (κ1) is 29.2. The predicted molar refractivity (Wildman–Crippen MR) is 119 cm³/mol. The van der Waals surface area contributed by atoms with Crippen LogP contribution in [0.15, 0.2) is 29.0 Å². The first-order valence-corrected chi connectivity index (χ1v) is 11.4. The molecule has 4 unspecified atom stereocenters. The van der Waals surface area contributed by atoms with Gasteiger partial charge in [-0.05, 0) is 44.9 Å². The van der Waals surface area contributed by atoms with Crippen molar-refractivity contribution in [3.8, 4) is 0 Å². The van der Waals surface area contributed by atoms with Gasteiger partial charge in [-0.1, -0.05) is 13.0 Å². The molecule has 2 rings (SSSR count). The zero-order valence-electron chi connectivity index (χ0n) is 20.0. The number of aliphatic hydroxyl groups is 1. The van der Waals surface area contributed by atoms with E-state index in [-0.39, 0.29) is 17.5 Å². The Balaban J connectivity index is 2.50. The Bertz CT molecular complexity index is 787. The number of nitrogens with one attached hydrogen (secondary N) is 2. The van der Waals surface area contributed by atoms with E-state index in [0.29, 0.717) is 25.8 Å². The summed E-state index contributed by atoms with van der Waals surface area (Å²) in [4.78, 5) is 1.74. The lowest BCUT2D eigenvalue weighted by Crippen LogP contribution is -2.63. The van der Waals surface area contributed by atoms with Gasteiger partial charge in [-0.3, -0.25) is 15.1 Å². The van der Waals surface area contributed by atoms with E-state index in [4.69, 9.17) is 10.5 Å². The molecule has 35 heavy (non-hydrogen) atoms. The minimum absolute atomic E-state index is 0.0992. The second-order valence-corrected chi connectivity index (χ2v) is 8.59. The van der Waals surface area contributed by atoms with Crippen molar-refractivity contribution in [2.45, 2.75) is 69.4 Å². The number of hydrogen-bond donors (Lipinski definition) is 4. The molecule has 0 saturated carbocycles. The molecule has 202 valence electrons. The van der Waals surface area contributed by atoms with Crippen LogP contribution in [0.4, 0.5) is 26.3 Å². The van der Waals surface area contributed by atoms with Crippen LogP contribution in [0.5, 0.6) is 0 Å². The van der Waals surface area contributed by atoms with Gasteiger partial charge in [0.1, 0.15) is 18.5 Å². The topological polar surface area (TPSA) is 98.4 Å². The van der Waals surface area contributed by atoms with Gasteiger partial charge >= 0.3 is 12.5 Å². The molecule has 0 bridgehead atoms. The highest BCUT2D eigenvalue weighted by molar-refractivity contribution is 5.93. The van der Waals surface area contributed by atoms with Crippen LogP contribution >= 0.6 is 0 Å². The molecule has 0 aromatic rings. The number of aliphatic hydroxyl groups excluding tert-OH is 1. The minimum Gasteiger partial charge on any atom is -0.473 e. The Morgan fingerprint density at radius 2 is 1.94 bits per heavy atom. The molecule has 2 heterocycles. The normalized spacial score (nSPS) is 26.4. The number of alkyl halides is 6. The fraction of sp³-hybridized carbons (Fsp3) is 0.762. The third-order valence-corrected chi connectivity index (χ3v) is 6.01. The zero-order valence-corrected chi connectivity index (χ0v) is 20.0. The quantitative estimate of drug-likeness (QED) is 0.0932. The standard InChI is InChI=1S/C21H34F6N6O2/c1-4-9-30-19(12-34,20(22,23)24)13-35-18(31-29-3)16-11-15(28)7-8-17(33(16)21(25,26)27)32-10-5-6-14(32)2/h7-8,11,14-15,17,29-30,34H,4-6,9-10,12-13,28H2,1-3H3/b31-18-. The van der Waals surface area contributed by atoms with Crippen LogP contribution in [0.2, 0.25) is 0 Å². The van der Waals surface area contributed by atoms with Crippen molar-refractivity contribution in [2.75, 3.05) is 33.4 Å². The number of hydrogen-bond acceptors (Lipinski definition) is 8. The summed E-state index contributed by atoms with van der Waals surface area (Å²) in [6.07, 6.45) is -5.73. The third kappa shape index (κ3) is 6.80. The molecule has 8 nitrogen and oxygen atoms in total. The van der Waals surface area contributed by atoms with Crippen molar-refractivity contribution in [1.82, 2.24) is 20.5 Å². The van der Waals surface area contributed by atoms with E-state index in [1.807, 2.05) is 0 Å². The lowest BCUT2D eigenvalue weighted by Gasteiger charge is -2.41. The molecule has 0 radical (unpaired) electrons. The van der Waals surface area contributed by atoms with Crippen LogP contribution in [0.1, 0.15) is 33.1 Å². The molecule has 0 aromatic heterocycles. The molecular weight excluding hydrogens is 482 g/mol. The van der Waals surface area contributed by atoms with Crippen LogP contribution in [0, 0.1) is 0 Å². The maximum Gasteiger partial charge on any atom is 0.486 e. The highest BCUT2D eigenvalue weighted by atomic mass is 19.4. The number of nitrogens with two attached hydrogens (primary N) is 1. The van der Waals surface area contributed by atoms with Gasteiger partial charge in [-0.25, -0.2) is 0 Å². The molecule has 5 N–H and O–H groups in total. The van der Waals surface area contributed by atoms with Crippen molar-refractivity contribution in [3.63, 3.8) is 0 Å². The molecule has 1 saturated heterocycles. The van der Waals surface area contributed by atoms with Gasteiger partial charge in [-0.2, -0.15) is 26.3 Å². The first-order valence-electron chi connectivity index (χ1n) is 11.4. The fourth-order valence-corrected chi connectivity index (χ4v) is 4.09. The van der Waals surface area contributed by atoms with Crippen molar-refractivity contribution < 1.29 is 36.2 Å². The largest absolute Gasteiger partial charge is 0.486 e. The second kappa shape index (κ2) is 11.8. The van der Waals surface area contributed by atoms with Crippen LogP contribution in [-0.2, 0) is 4.74 Å². The summed E-state index contributed by atoms with van der Waals surface area (Å²) in [6.45, 7) is 1.12. The molecule has 14 heteroatoms. The van der Waals surface area contributed by atoms with Gasteiger partial charge in [0.25, 0.3) is 5.90 Å². The maximum atomic E-state index is 14.4. The fourth-order valence-electron chi connectivity index (χ4n) is 4.09. The molecule has 0 spiro atoms. The summed E-state index contributed by atoms with van der Waals surface area (Å²) in [5, 5.41) is 15.6. The summed E-state index contributed by atoms with van der Waals surface area (Å²) < 4.78 is 90.3. The Morgan fingerprint density at radius 3 is 2.43 bits per heavy atom. The molecule has 0 aromatic carbocycles. The molecule has 0 amide bonds. The molecule has 2 aliphatic rings. The van der Waals surface area contributed by atoms with Crippen LogP contribution < -0.4 is 16.5 Å². The summed E-state index contributed by atoms with van der Waals surface area (Å²) in [5.41, 5.74) is 4.72. The Hall–Kier alpha value is -2.03. The van der Waals surface area contributed by atoms with E-state index >= 15 is 0 Å². The minimum atomic E-state index is -4.96. The molecule has 4 atom stereocenters. The number of halogens is 6. The molecule has 1 fully saturated rings. The van der Waals surface area contributed by atoms with Gasteiger partial charge in [0.2, 0.25) is 0 Å². The lowest BCUT2D eigenvalue weighted by atomic mass is 10.0. The smallest absolute Gasteiger partial charge is 0.473 e. The maximum absolute atomic E-state index is 14.4. The van der Waals surface area contributed by atoms with E-state index in [1.165, 1.54) is 19.2 Å². The highest BCUT2D eigenvalue weighted by Crippen LogP contribution is 2.36. The number of likely N-dealkylation sites (tertiary alicyclic amines) is 1. The average Bonchev–Trinajstić information content (AvgIpc) is 3.10. The van der Waals surface area contributed by atoms with Crippen LogP contribution in [-0.4, -0.2) is 90.4 Å². The van der Waals surface area contributed by atoms with Gasteiger partial charge in [-0.15, -0.1) is 5.10 Å². The molecule has 2 aliphatic heterocycles. The molecule has 0 aliphatic carbocycles. The summed E-state index contributed by atoms with van der Waals surface area (Å²) in [5.74, 6) is -0.735. The van der Waals surface area contributed by atoms with E-state index in [9.17, 15) is 31.4 Å². The van der Waals surface area contributed by atoms with Crippen LogP contribution in [0.25, 0.3) is 0 Å². The third-order valence-electron chi connectivity index (χ3n) is 6.01. The Labute approximate surface area is 200 Å². The Morgan fingerprint density at radius 1 is 1.26 bits per heavy atom. The van der Waals surface area contributed by atoms with Gasteiger partial charge < -0.3 is 21.0 Å². The van der Waals surface area contributed by atoms with E-state index in [2.05, 4.69) is 15.8 Å². The van der Waals surface area contributed by atoms with Gasteiger partial charge in [0.15, 0.2) is 5.54 Å². The van der Waals surface area contributed by atoms with E-state index in [0.717, 1.165) is 6.08 Å². The van der Waals surface area contributed by atoms with Crippen LogP contribution in [0.3, 0.4) is 0 Å². The zero-order chi connectivity index (χ0) is 26.4. The summed E-state index contributed by atoms with van der Waals surface area (Å²) >= 11 is 0. The first-order chi connectivity index (χ1) is 16.3. The number of rotatable bonds is 9. The van der Waals surface area contributed by atoms with Crippen molar-refractivity contribution >= 4 is 5.90 Å². The van der Waals surface area contributed by atoms with E-state index in [1.54, 1.807) is 18.7 Å². The van der Waals surface area contributed by atoms with Crippen molar-refractivity contribution in [3.05, 3.63) is 23.9 Å².